The largest absolute Gasteiger partial charge is 0.208 e. The molecule has 0 amide bonds. The molecule has 0 aliphatic heterocycles. The highest BCUT2D eigenvalue weighted by atomic mass is 35.5. The Morgan fingerprint density at radius 3 is 0.821 bits per heavy atom. The zero-order chi connectivity index (χ0) is 26.5. The Kier molecular flexibility index (Phi) is 5.93. The molecule has 0 atom stereocenters. The van der Waals surface area contributed by atoms with Crippen molar-refractivity contribution in [3.63, 3.8) is 0 Å². The van der Waals surface area contributed by atoms with Crippen LogP contribution in [0.5, 0.6) is 0 Å². The lowest BCUT2D eigenvalue weighted by Crippen LogP contribution is -2.01. The molecule has 39 heavy (non-hydrogen) atoms. The first-order chi connectivity index (χ1) is 19.0. The molecule has 0 aliphatic rings. The molecule has 0 bridgehead atoms. The molecule has 0 fully saturated rings. The van der Waals surface area contributed by atoms with Gasteiger partial charge in [0.1, 0.15) is 0 Å². The quantitative estimate of drug-likeness (QED) is 0.215. The van der Waals surface area contributed by atoms with Crippen LogP contribution in [0.15, 0.2) is 109 Å². The van der Waals surface area contributed by atoms with Gasteiger partial charge in [0, 0.05) is 16.7 Å². The number of aromatic nitrogens is 3. The van der Waals surface area contributed by atoms with Crippen LogP contribution in [0, 0.1) is 0 Å². The predicted molar refractivity (Wildman–Crippen MR) is 164 cm³/mol. The van der Waals surface area contributed by atoms with Crippen molar-refractivity contribution >= 4 is 67.1 Å². The summed E-state index contributed by atoms with van der Waals surface area (Å²) in [6.07, 6.45) is 0. The van der Waals surface area contributed by atoms with Crippen molar-refractivity contribution in [2.75, 3.05) is 0 Å². The van der Waals surface area contributed by atoms with E-state index in [9.17, 15) is 0 Å². The molecule has 0 unspecified atom stereocenters. The van der Waals surface area contributed by atoms with Gasteiger partial charge in [0.2, 0.25) is 0 Å². The normalized spacial score (nSPS) is 11.5. The van der Waals surface area contributed by atoms with Crippen LogP contribution in [-0.4, -0.2) is 15.0 Å². The predicted octanol–water partition coefficient (Wildman–Crippen LogP) is 10.3. The van der Waals surface area contributed by atoms with Crippen LogP contribution < -0.4 is 0 Å². The number of rotatable bonds is 3. The van der Waals surface area contributed by atoms with Crippen LogP contribution in [0.2, 0.25) is 15.1 Å². The van der Waals surface area contributed by atoms with Crippen molar-refractivity contribution in [2.45, 2.75) is 0 Å². The van der Waals surface area contributed by atoms with Gasteiger partial charge in [-0.2, -0.15) is 0 Å². The monoisotopic (exact) mass is 561 g/mol. The first-order valence-corrected chi connectivity index (χ1v) is 13.5. The third-order valence-corrected chi connectivity index (χ3v) is 7.80. The van der Waals surface area contributed by atoms with Crippen molar-refractivity contribution < 1.29 is 0 Å². The van der Waals surface area contributed by atoms with E-state index in [1.54, 1.807) is 0 Å². The van der Waals surface area contributed by atoms with E-state index in [-0.39, 0.29) is 0 Å². The van der Waals surface area contributed by atoms with Gasteiger partial charge in [-0.15, -0.1) is 0 Å². The molecule has 0 radical (unpaired) electrons. The highest BCUT2D eigenvalue weighted by molar-refractivity contribution is 6.35. The highest BCUT2D eigenvalue weighted by Crippen LogP contribution is 2.37. The summed E-state index contributed by atoms with van der Waals surface area (Å²) >= 11 is 20.4. The highest BCUT2D eigenvalue weighted by Gasteiger charge is 2.19. The van der Waals surface area contributed by atoms with E-state index in [4.69, 9.17) is 49.8 Å². The van der Waals surface area contributed by atoms with Crippen molar-refractivity contribution in [3.05, 3.63) is 124 Å². The number of hydrogen-bond donors (Lipinski definition) is 0. The van der Waals surface area contributed by atoms with Crippen molar-refractivity contribution in [1.29, 1.82) is 0 Å². The number of fused-ring (bicyclic) bond motifs is 3. The molecular formula is C33H18Cl3N3. The van der Waals surface area contributed by atoms with Gasteiger partial charge in [-0.3, -0.25) is 0 Å². The fourth-order valence-electron chi connectivity index (χ4n) is 4.89. The van der Waals surface area contributed by atoms with Crippen LogP contribution in [0.4, 0.5) is 0 Å². The van der Waals surface area contributed by atoms with E-state index in [0.717, 1.165) is 32.3 Å². The van der Waals surface area contributed by atoms with Gasteiger partial charge >= 0.3 is 0 Å². The summed E-state index contributed by atoms with van der Waals surface area (Å²) in [5.74, 6) is 1.33. The summed E-state index contributed by atoms with van der Waals surface area (Å²) in [6.45, 7) is 0. The molecule has 0 saturated heterocycles. The minimum atomic E-state index is 0.444. The van der Waals surface area contributed by atoms with E-state index in [1.807, 2.05) is 109 Å². The maximum Gasteiger partial charge on any atom is 0.165 e. The molecule has 7 rings (SSSR count). The molecular weight excluding hydrogens is 545 g/mol. The van der Waals surface area contributed by atoms with Crippen LogP contribution >= 0.6 is 34.8 Å². The fraction of sp³-hybridized carbons (Fsp3) is 0. The van der Waals surface area contributed by atoms with Gasteiger partial charge in [0.15, 0.2) is 17.5 Å². The van der Waals surface area contributed by atoms with Crippen LogP contribution in [0.3, 0.4) is 0 Å². The van der Waals surface area contributed by atoms with E-state index < -0.39 is 0 Å². The first-order valence-electron chi connectivity index (χ1n) is 12.4. The molecule has 6 heteroatoms. The molecule has 1 aromatic heterocycles. The third kappa shape index (κ3) is 4.39. The summed E-state index contributed by atoms with van der Waals surface area (Å²) in [5, 5.41) is 7.86. The topological polar surface area (TPSA) is 38.7 Å². The molecule has 1 heterocycles. The molecule has 0 spiro atoms. The Morgan fingerprint density at radius 2 is 0.564 bits per heavy atom. The van der Waals surface area contributed by atoms with Crippen molar-refractivity contribution in [3.8, 4) is 34.2 Å². The van der Waals surface area contributed by atoms with E-state index in [2.05, 4.69) is 0 Å². The summed E-state index contributed by atoms with van der Waals surface area (Å²) in [7, 11) is 0. The second-order valence-electron chi connectivity index (χ2n) is 9.34. The lowest BCUT2D eigenvalue weighted by atomic mass is 10.0. The van der Waals surface area contributed by atoms with E-state index in [0.29, 0.717) is 49.2 Å². The average Bonchev–Trinajstić information content (AvgIpc) is 2.95. The number of halogens is 3. The van der Waals surface area contributed by atoms with Crippen LogP contribution in [0.1, 0.15) is 0 Å². The summed E-state index contributed by atoms with van der Waals surface area (Å²) in [6, 6.07) is 36.0. The Morgan fingerprint density at radius 1 is 0.333 bits per heavy atom. The number of hydrogen-bond acceptors (Lipinski definition) is 3. The SMILES string of the molecule is Clc1cc2ccccc2cc1-c1nc(-c2cc3ccccc3cc2Cl)nc(-c2cc3ccccc3cc2Cl)n1. The maximum atomic E-state index is 6.80. The second-order valence-corrected chi connectivity index (χ2v) is 10.6. The Bertz CT molecular complexity index is 1820. The molecule has 186 valence electrons. The lowest BCUT2D eigenvalue weighted by molar-refractivity contribution is 1.08. The molecule has 6 aromatic carbocycles. The average molecular weight is 563 g/mol. The molecule has 7 aromatic rings. The number of benzene rings is 6. The minimum Gasteiger partial charge on any atom is -0.208 e. The maximum absolute atomic E-state index is 6.80. The van der Waals surface area contributed by atoms with Gasteiger partial charge in [-0.25, -0.2) is 15.0 Å². The summed E-state index contributed by atoms with van der Waals surface area (Å²) in [4.78, 5) is 14.7. The Hall–Kier alpha value is -4.02. The first kappa shape index (κ1) is 24.1. The van der Waals surface area contributed by atoms with Gasteiger partial charge in [-0.05, 0) is 68.7 Å². The summed E-state index contributed by atoms with van der Waals surface area (Å²) < 4.78 is 0. The lowest BCUT2D eigenvalue weighted by Gasteiger charge is -2.13. The second kappa shape index (κ2) is 9.62. The summed E-state index contributed by atoms with van der Waals surface area (Å²) in [5.41, 5.74) is 2.11. The molecule has 0 N–H and O–H groups in total. The fourth-order valence-corrected chi connectivity index (χ4v) is 5.66. The van der Waals surface area contributed by atoms with Crippen LogP contribution in [0.25, 0.3) is 66.5 Å². The smallest absolute Gasteiger partial charge is 0.165 e. The Balaban J connectivity index is 1.51. The van der Waals surface area contributed by atoms with Gasteiger partial charge < -0.3 is 0 Å². The van der Waals surface area contributed by atoms with Crippen molar-refractivity contribution in [1.82, 2.24) is 15.0 Å². The Labute approximate surface area is 239 Å². The third-order valence-electron chi connectivity index (χ3n) is 6.86. The number of nitrogens with zero attached hydrogens (tertiary/aromatic N) is 3. The van der Waals surface area contributed by atoms with Gasteiger partial charge in [0.25, 0.3) is 0 Å². The standard InChI is InChI=1S/C33H18Cl3N3/c34-28-16-22-10-4-1-7-19(22)13-25(28)31-37-32(26-14-20-8-2-5-11-23(20)17-29(26)35)39-33(38-31)27-15-21-9-3-6-12-24(21)18-30(27)36/h1-18H. The van der Waals surface area contributed by atoms with E-state index >= 15 is 0 Å². The van der Waals surface area contributed by atoms with Gasteiger partial charge in [-0.1, -0.05) is 108 Å². The zero-order valence-electron chi connectivity index (χ0n) is 20.4. The van der Waals surface area contributed by atoms with Crippen molar-refractivity contribution in [2.24, 2.45) is 0 Å². The molecule has 3 nitrogen and oxygen atoms in total. The molecule has 0 aliphatic carbocycles. The minimum absolute atomic E-state index is 0.444. The van der Waals surface area contributed by atoms with E-state index in [1.165, 1.54) is 0 Å². The van der Waals surface area contributed by atoms with Crippen LogP contribution in [-0.2, 0) is 0 Å². The zero-order valence-corrected chi connectivity index (χ0v) is 22.6. The molecule has 0 saturated carbocycles. The van der Waals surface area contributed by atoms with Gasteiger partial charge in [0.05, 0.1) is 15.1 Å².